The average molecular weight is 138 g/mol. The number of hydrogen-bond acceptors (Lipinski definition) is 1. The number of aliphatic hydroxyl groups is 1. The maximum Gasteiger partial charge on any atom is 0.0493 e. The predicted molar refractivity (Wildman–Crippen MR) is 42.7 cm³/mol. The summed E-state index contributed by atoms with van der Waals surface area (Å²) in [6.07, 6.45) is 8.61. The van der Waals surface area contributed by atoms with Gasteiger partial charge in [0, 0.05) is 12.5 Å². The monoisotopic (exact) mass is 138 g/mol. The van der Waals surface area contributed by atoms with E-state index in [1.54, 1.807) is 0 Å². The fraction of sp³-hybridized carbons (Fsp3) is 0.556. The summed E-state index contributed by atoms with van der Waals surface area (Å²) < 4.78 is 0. The van der Waals surface area contributed by atoms with Gasteiger partial charge in [0.2, 0.25) is 0 Å². The fourth-order valence-electron chi connectivity index (χ4n) is 1.15. The molecule has 0 amide bonds. The first-order chi connectivity index (χ1) is 4.84. The van der Waals surface area contributed by atoms with Crippen LogP contribution in [-0.2, 0) is 0 Å². The highest BCUT2D eigenvalue weighted by Crippen LogP contribution is 2.19. The maximum atomic E-state index is 8.82. The molecule has 0 saturated heterocycles. The van der Waals surface area contributed by atoms with Crippen molar-refractivity contribution < 1.29 is 5.11 Å². The lowest BCUT2D eigenvalue weighted by atomic mass is 9.94. The van der Waals surface area contributed by atoms with Crippen LogP contribution in [0.15, 0.2) is 23.8 Å². The lowest BCUT2D eigenvalue weighted by Gasteiger charge is -2.13. The van der Waals surface area contributed by atoms with Crippen LogP contribution in [-0.4, -0.2) is 11.7 Å². The highest BCUT2D eigenvalue weighted by Gasteiger charge is 2.06. The number of hydrogen-bond donors (Lipinski definition) is 1. The molecule has 0 spiro atoms. The van der Waals surface area contributed by atoms with Gasteiger partial charge in [-0.3, -0.25) is 0 Å². The van der Waals surface area contributed by atoms with Crippen molar-refractivity contribution in [3.8, 4) is 0 Å². The van der Waals surface area contributed by atoms with E-state index >= 15 is 0 Å². The normalized spacial score (nSPS) is 20.4. The van der Waals surface area contributed by atoms with Crippen molar-refractivity contribution in [2.75, 3.05) is 6.61 Å². The van der Waals surface area contributed by atoms with Crippen LogP contribution < -0.4 is 0 Å². The second-order valence-electron chi connectivity index (χ2n) is 2.79. The molecular weight excluding hydrogens is 124 g/mol. The van der Waals surface area contributed by atoms with E-state index < -0.39 is 0 Å². The van der Waals surface area contributed by atoms with Gasteiger partial charge in [0.15, 0.2) is 0 Å². The molecule has 0 heterocycles. The molecule has 1 heteroatoms. The van der Waals surface area contributed by atoms with Crippen LogP contribution in [0.5, 0.6) is 0 Å². The lowest BCUT2D eigenvalue weighted by molar-refractivity contribution is 0.253. The zero-order valence-electron chi connectivity index (χ0n) is 6.38. The van der Waals surface area contributed by atoms with Gasteiger partial charge in [-0.15, -0.1) is 0 Å². The van der Waals surface area contributed by atoms with E-state index in [-0.39, 0.29) is 6.61 Å². The summed E-state index contributed by atoms with van der Waals surface area (Å²) >= 11 is 0. The van der Waals surface area contributed by atoms with E-state index in [1.165, 1.54) is 5.57 Å². The Hall–Kier alpha value is -0.560. The van der Waals surface area contributed by atoms with Gasteiger partial charge >= 0.3 is 0 Å². The first kappa shape index (κ1) is 7.55. The van der Waals surface area contributed by atoms with Gasteiger partial charge in [0.05, 0.1) is 0 Å². The molecule has 0 unspecified atom stereocenters. The molecule has 0 saturated carbocycles. The quantitative estimate of drug-likeness (QED) is 0.617. The third-order valence-corrected chi connectivity index (χ3v) is 1.95. The minimum Gasteiger partial charge on any atom is -0.396 e. The summed E-state index contributed by atoms with van der Waals surface area (Å²) in [6, 6.07) is 0. The predicted octanol–water partition coefficient (Wildman–Crippen LogP) is 1.89. The van der Waals surface area contributed by atoms with Crippen molar-refractivity contribution >= 4 is 0 Å². The van der Waals surface area contributed by atoms with Crippen molar-refractivity contribution in [1.29, 1.82) is 0 Å². The highest BCUT2D eigenvalue weighted by atomic mass is 16.3. The number of allylic oxidation sites excluding steroid dienone is 3. The van der Waals surface area contributed by atoms with Gasteiger partial charge in [0.1, 0.15) is 0 Å². The number of rotatable bonds is 2. The highest BCUT2D eigenvalue weighted by molar-refractivity contribution is 5.19. The average Bonchev–Trinajstić information content (AvgIpc) is 2.05. The van der Waals surface area contributed by atoms with Crippen LogP contribution in [0.2, 0.25) is 0 Å². The van der Waals surface area contributed by atoms with E-state index in [2.05, 4.69) is 25.2 Å². The molecule has 0 fully saturated rings. The molecule has 0 aromatic heterocycles. The standard InChI is InChI=1S/C9H14O/c1-8(7-10)9-5-3-2-4-6-9/h2-3,5,8,10H,4,6-7H2,1H3/t8-/m1/s1. The van der Waals surface area contributed by atoms with Crippen LogP contribution in [0.4, 0.5) is 0 Å². The summed E-state index contributed by atoms with van der Waals surface area (Å²) in [5, 5.41) is 8.82. The first-order valence-electron chi connectivity index (χ1n) is 3.81. The Morgan fingerprint density at radius 1 is 1.70 bits per heavy atom. The van der Waals surface area contributed by atoms with Crippen LogP contribution >= 0.6 is 0 Å². The summed E-state index contributed by atoms with van der Waals surface area (Å²) in [6.45, 7) is 2.34. The molecule has 0 aromatic carbocycles. The molecule has 0 aliphatic heterocycles. The Morgan fingerprint density at radius 2 is 2.50 bits per heavy atom. The zero-order valence-corrected chi connectivity index (χ0v) is 6.38. The van der Waals surface area contributed by atoms with Gasteiger partial charge in [-0.05, 0) is 12.8 Å². The van der Waals surface area contributed by atoms with Crippen LogP contribution in [0.3, 0.4) is 0 Å². The number of aliphatic hydroxyl groups excluding tert-OH is 1. The topological polar surface area (TPSA) is 20.2 Å². The van der Waals surface area contributed by atoms with E-state index in [1.807, 2.05) is 0 Å². The molecule has 1 aliphatic rings. The molecule has 0 bridgehead atoms. The van der Waals surface area contributed by atoms with Crippen LogP contribution in [0.25, 0.3) is 0 Å². The fourth-order valence-corrected chi connectivity index (χ4v) is 1.15. The van der Waals surface area contributed by atoms with Gasteiger partial charge in [-0.2, -0.15) is 0 Å². The van der Waals surface area contributed by atoms with Crippen LogP contribution in [0.1, 0.15) is 19.8 Å². The van der Waals surface area contributed by atoms with Crippen LogP contribution in [0, 0.1) is 5.92 Å². The smallest absolute Gasteiger partial charge is 0.0493 e. The molecular formula is C9H14O. The summed E-state index contributed by atoms with van der Waals surface area (Å²) in [4.78, 5) is 0. The molecule has 1 nitrogen and oxygen atoms in total. The van der Waals surface area contributed by atoms with Gasteiger partial charge in [-0.25, -0.2) is 0 Å². The summed E-state index contributed by atoms with van der Waals surface area (Å²) in [7, 11) is 0. The molecule has 56 valence electrons. The Morgan fingerprint density at radius 3 is 3.00 bits per heavy atom. The second-order valence-corrected chi connectivity index (χ2v) is 2.79. The van der Waals surface area contributed by atoms with E-state index in [0.29, 0.717) is 5.92 Å². The zero-order chi connectivity index (χ0) is 7.40. The van der Waals surface area contributed by atoms with Crippen molar-refractivity contribution in [1.82, 2.24) is 0 Å². The molecule has 0 radical (unpaired) electrons. The first-order valence-corrected chi connectivity index (χ1v) is 3.81. The van der Waals surface area contributed by atoms with Crippen molar-refractivity contribution in [3.05, 3.63) is 23.8 Å². The Bertz CT molecular complexity index is 156. The van der Waals surface area contributed by atoms with Gasteiger partial charge in [-0.1, -0.05) is 30.7 Å². The Kier molecular flexibility index (Phi) is 2.69. The van der Waals surface area contributed by atoms with E-state index in [9.17, 15) is 0 Å². The summed E-state index contributed by atoms with van der Waals surface area (Å²) in [5.41, 5.74) is 1.38. The minimum atomic E-state index is 0.277. The third-order valence-electron chi connectivity index (χ3n) is 1.95. The van der Waals surface area contributed by atoms with Crippen molar-refractivity contribution in [3.63, 3.8) is 0 Å². The largest absolute Gasteiger partial charge is 0.396 e. The summed E-state index contributed by atoms with van der Waals surface area (Å²) in [5.74, 6) is 0.352. The third kappa shape index (κ3) is 1.71. The molecule has 0 aromatic rings. The molecule has 10 heavy (non-hydrogen) atoms. The molecule has 1 aliphatic carbocycles. The molecule has 1 rings (SSSR count). The maximum absolute atomic E-state index is 8.82. The van der Waals surface area contributed by atoms with Gasteiger partial charge in [0.25, 0.3) is 0 Å². The second kappa shape index (κ2) is 3.57. The van der Waals surface area contributed by atoms with Crippen molar-refractivity contribution in [2.45, 2.75) is 19.8 Å². The molecule has 1 atom stereocenters. The lowest BCUT2D eigenvalue weighted by Crippen LogP contribution is -2.05. The Balaban J connectivity index is 2.53. The Labute approximate surface area is 62.1 Å². The SMILES string of the molecule is C[C@H](CO)C1=CC=CCC1. The molecule has 1 N–H and O–H groups in total. The van der Waals surface area contributed by atoms with E-state index in [0.717, 1.165) is 12.8 Å². The van der Waals surface area contributed by atoms with E-state index in [4.69, 9.17) is 5.11 Å². The minimum absolute atomic E-state index is 0.277. The van der Waals surface area contributed by atoms with Crippen molar-refractivity contribution in [2.24, 2.45) is 5.92 Å². The van der Waals surface area contributed by atoms with Gasteiger partial charge < -0.3 is 5.11 Å².